The van der Waals surface area contributed by atoms with Crippen molar-refractivity contribution in [3.8, 4) is 0 Å². The van der Waals surface area contributed by atoms with Crippen molar-refractivity contribution in [2.75, 3.05) is 36.4 Å². The number of benzene rings is 2. The molecule has 0 saturated carbocycles. The predicted molar refractivity (Wildman–Crippen MR) is 126 cm³/mol. The fraction of sp³-hybridized carbons (Fsp3) is 0.435. The molecule has 0 aromatic heterocycles. The summed E-state index contributed by atoms with van der Waals surface area (Å²) in [6.07, 6.45) is 5.57. The Kier molecular flexibility index (Phi) is 7.13. The zero-order valence-corrected chi connectivity index (χ0v) is 19.5. The van der Waals surface area contributed by atoms with Crippen LogP contribution in [-0.2, 0) is 10.0 Å². The van der Waals surface area contributed by atoms with E-state index in [0.29, 0.717) is 18.8 Å². The Bertz CT molecular complexity index is 1190. The van der Waals surface area contributed by atoms with Crippen LogP contribution in [0.5, 0.6) is 0 Å². The van der Waals surface area contributed by atoms with E-state index in [4.69, 9.17) is 0 Å². The van der Waals surface area contributed by atoms with Crippen LogP contribution in [-0.4, -0.2) is 49.7 Å². The number of rotatable bonds is 6. The summed E-state index contributed by atoms with van der Waals surface area (Å²) in [5.74, 6) is -1.62. The molecule has 2 heterocycles. The van der Waals surface area contributed by atoms with Crippen molar-refractivity contribution in [1.29, 1.82) is 0 Å². The van der Waals surface area contributed by atoms with E-state index in [2.05, 4.69) is 5.32 Å². The normalized spacial score (nSPS) is 17.4. The third kappa shape index (κ3) is 5.05. The van der Waals surface area contributed by atoms with Crippen LogP contribution in [0.4, 0.5) is 21.5 Å². The van der Waals surface area contributed by atoms with Gasteiger partial charge in [-0.2, -0.15) is 8.70 Å². The lowest BCUT2D eigenvalue weighted by atomic mass is 10.1. The highest BCUT2D eigenvalue weighted by Gasteiger charge is 2.29. The molecule has 2 aliphatic rings. The Morgan fingerprint density at radius 3 is 2.24 bits per heavy atom. The Morgan fingerprint density at radius 2 is 1.59 bits per heavy atom. The molecule has 11 heteroatoms. The Hall–Kier alpha value is -3.05. The molecule has 0 bridgehead atoms. The minimum Gasteiger partial charge on any atom is -0.371 e. The highest BCUT2D eigenvalue weighted by Crippen LogP contribution is 2.30. The summed E-state index contributed by atoms with van der Waals surface area (Å²) in [6, 6.07) is 7.66. The second kappa shape index (κ2) is 10.1. The number of hydrogen-bond acceptors (Lipinski definition) is 6. The van der Waals surface area contributed by atoms with Crippen LogP contribution in [0.2, 0.25) is 0 Å². The van der Waals surface area contributed by atoms with Crippen molar-refractivity contribution in [1.82, 2.24) is 4.31 Å². The topological polar surface area (TPSA) is 113 Å². The number of nitro groups is 1. The number of sulfonamides is 1. The quantitative estimate of drug-likeness (QED) is 0.481. The van der Waals surface area contributed by atoms with Crippen LogP contribution in [0.15, 0.2) is 41.3 Å². The van der Waals surface area contributed by atoms with E-state index in [0.717, 1.165) is 63.7 Å². The van der Waals surface area contributed by atoms with Gasteiger partial charge in [-0.1, -0.05) is 6.42 Å². The van der Waals surface area contributed by atoms with Gasteiger partial charge in [0.1, 0.15) is 0 Å². The highest BCUT2D eigenvalue weighted by atomic mass is 32.2. The molecule has 1 N–H and O–H groups in total. The predicted octanol–water partition coefficient (Wildman–Crippen LogP) is 4.15. The molecule has 2 aromatic carbocycles. The number of carbonyl (C=O) groups is 1. The van der Waals surface area contributed by atoms with Gasteiger partial charge in [-0.25, -0.2) is 8.42 Å². The molecule has 0 radical (unpaired) electrons. The summed E-state index contributed by atoms with van der Waals surface area (Å²) < 4.78 is 41.6. The fourth-order valence-corrected chi connectivity index (χ4v) is 5.99. The molecular weight excluding hydrogens is 463 g/mol. The molecule has 1 amide bonds. The lowest BCUT2D eigenvalue weighted by Gasteiger charge is -2.31. The second-order valence-electron chi connectivity index (χ2n) is 8.57. The van der Waals surface area contributed by atoms with Crippen LogP contribution in [0.1, 0.15) is 48.9 Å². The lowest BCUT2D eigenvalue weighted by Crippen LogP contribution is -2.36. The zero-order valence-electron chi connectivity index (χ0n) is 18.7. The van der Waals surface area contributed by atoms with Gasteiger partial charge in [0.25, 0.3) is 5.91 Å². The van der Waals surface area contributed by atoms with E-state index < -0.39 is 32.4 Å². The van der Waals surface area contributed by atoms with Crippen molar-refractivity contribution in [2.24, 2.45) is 0 Å². The molecule has 2 saturated heterocycles. The lowest BCUT2D eigenvalue weighted by molar-refractivity contribution is -0.387. The van der Waals surface area contributed by atoms with Gasteiger partial charge in [-0.05, 0) is 62.4 Å². The summed E-state index contributed by atoms with van der Waals surface area (Å²) >= 11 is 0. The number of amides is 1. The largest absolute Gasteiger partial charge is 0.371 e. The van der Waals surface area contributed by atoms with E-state index >= 15 is 0 Å². The molecule has 4 rings (SSSR count). The van der Waals surface area contributed by atoms with E-state index in [1.807, 2.05) is 4.90 Å². The van der Waals surface area contributed by atoms with Gasteiger partial charge >= 0.3 is 5.69 Å². The molecule has 182 valence electrons. The van der Waals surface area contributed by atoms with Crippen LogP contribution >= 0.6 is 0 Å². The van der Waals surface area contributed by atoms with Gasteiger partial charge in [0.2, 0.25) is 15.8 Å². The number of nitro benzene ring substituents is 1. The number of hydrogen-bond donors (Lipinski definition) is 1. The van der Waals surface area contributed by atoms with Crippen molar-refractivity contribution in [2.45, 2.75) is 43.4 Å². The van der Waals surface area contributed by atoms with Crippen LogP contribution in [0.3, 0.4) is 0 Å². The van der Waals surface area contributed by atoms with E-state index in [-0.39, 0.29) is 16.1 Å². The molecule has 34 heavy (non-hydrogen) atoms. The Balaban J connectivity index is 1.70. The maximum Gasteiger partial charge on any atom is 0.306 e. The first-order chi connectivity index (χ1) is 16.3. The van der Waals surface area contributed by atoms with E-state index in [9.17, 15) is 27.7 Å². The summed E-state index contributed by atoms with van der Waals surface area (Å²) in [6.45, 7) is 2.36. The fourth-order valence-electron chi connectivity index (χ4n) is 4.45. The maximum atomic E-state index is 13.7. The number of piperidine rings is 2. The van der Waals surface area contributed by atoms with Crippen LogP contribution in [0.25, 0.3) is 0 Å². The second-order valence-corrected chi connectivity index (χ2v) is 10.5. The van der Waals surface area contributed by atoms with Crippen molar-refractivity contribution >= 4 is 33.0 Å². The van der Waals surface area contributed by atoms with Gasteiger partial charge < -0.3 is 10.2 Å². The van der Waals surface area contributed by atoms with Crippen molar-refractivity contribution in [3.05, 3.63) is 57.9 Å². The number of nitrogens with zero attached hydrogens (tertiary/aromatic N) is 3. The van der Waals surface area contributed by atoms with Gasteiger partial charge in [0.15, 0.2) is 0 Å². The summed E-state index contributed by atoms with van der Waals surface area (Å²) in [5, 5.41) is 13.6. The Morgan fingerprint density at radius 1 is 0.941 bits per heavy atom. The van der Waals surface area contributed by atoms with Gasteiger partial charge in [-0.15, -0.1) is 0 Å². The molecule has 2 aromatic rings. The molecule has 0 aliphatic carbocycles. The number of nitrogens with one attached hydrogen (secondary N) is 1. The van der Waals surface area contributed by atoms with Crippen LogP contribution in [0, 0.1) is 15.9 Å². The molecule has 9 nitrogen and oxygen atoms in total. The first-order valence-corrected chi connectivity index (χ1v) is 12.9. The third-order valence-corrected chi connectivity index (χ3v) is 8.16. The van der Waals surface area contributed by atoms with Crippen molar-refractivity contribution in [3.63, 3.8) is 0 Å². The number of halogens is 1. The monoisotopic (exact) mass is 490 g/mol. The molecule has 0 unspecified atom stereocenters. The highest BCUT2D eigenvalue weighted by molar-refractivity contribution is 7.89. The molecule has 2 fully saturated rings. The first kappa shape index (κ1) is 24.1. The number of carbonyl (C=O) groups excluding carboxylic acids is 1. The van der Waals surface area contributed by atoms with Gasteiger partial charge in [-0.3, -0.25) is 14.9 Å². The van der Waals surface area contributed by atoms with Gasteiger partial charge in [0.05, 0.1) is 15.4 Å². The smallest absolute Gasteiger partial charge is 0.306 e. The summed E-state index contributed by atoms with van der Waals surface area (Å²) in [7, 11) is -3.77. The van der Waals surface area contributed by atoms with Crippen molar-refractivity contribution < 1.29 is 22.5 Å². The standard InChI is InChI=1S/C23H27FN4O5S/c24-20-9-7-17(15-22(20)28(30)31)25-23(29)19-16-18(34(32,33)27-13-5-2-6-14-27)8-10-21(19)26-11-3-1-4-12-26/h7-10,15-16H,1-6,11-14H2,(H,25,29). The van der Waals surface area contributed by atoms with E-state index in [1.165, 1.54) is 22.5 Å². The average molecular weight is 491 g/mol. The minimum atomic E-state index is -3.77. The number of anilines is 2. The Labute approximate surface area is 197 Å². The molecule has 2 aliphatic heterocycles. The summed E-state index contributed by atoms with van der Waals surface area (Å²) in [4.78, 5) is 25.6. The van der Waals surface area contributed by atoms with E-state index in [1.54, 1.807) is 6.07 Å². The minimum absolute atomic E-state index is 0.0328. The summed E-state index contributed by atoms with van der Waals surface area (Å²) in [5.41, 5.74) is 0.0563. The molecule has 0 spiro atoms. The van der Waals surface area contributed by atoms with Gasteiger partial charge in [0, 0.05) is 43.6 Å². The third-order valence-electron chi connectivity index (χ3n) is 6.26. The van der Waals surface area contributed by atoms with Crippen LogP contribution < -0.4 is 10.2 Å². The molecule has 0 atom stereocenters. The average Bonchev–Trinajstić information content (AvgIpc) is 2.85. The zero-order chi connectivity index (χ0) is 24.3. The molecular formula is C23H27FN4O5S. The first-order valence-electron chi connectivity index (χ1n) is 11.4. The SMILES string of the molecule is O=C(Nc1ccc(F)c([N+](=O)[O-])c1)c1cc(S(=O)(=O)N2CCCCC2)ccc1N1CCCCC1. The maximum absolute atomic E-state index is 13.7.